The summed E-state index contributed by atoms with van der Waals surface area (Å²) >= 11 is 0. The van der Waals surface area contributed by atoms with Gasteiger partial charge in [0.15, 0.2) is 16.9 Å². The van der Waals surface area contributed by atoms with E-state index in [1.165, 1.54) is 11.6 Å². The van der Waals surface area contributed by atoms with Gasteiger partial charge in [0.05, 0.1) is 6.61 Å². The average molecular weight is 501 g/mol. The van der Waals surface area contributed by atoms with Crippen molar-refractivity contribution < 1.29 is 9.53 Å². The first-order valence-electron chi connectivity index (χ1n) is 11.8. The molecule has 190 valence electrons. The van der Waals surface area contributed by atoms with Crippen LogP contribution in [-0.4, -0.2) is 37.0 Å². The Morgan fingerprint density at radius 1 is 1.05 bits per heavy atom. The number of esters is 1. The number of carbonyl (C=O) groups is 1. The second kappa shape index (κ2) is 10.9. The van der Waals surface area contributed by atoms with Crippen LogP contribution in [0.15, 0.2) is 75.4 Å². The number of aryl methyl sites for hydroxylation is 2. The smallest absolute Gasteiger partial charge is 0.359 e. The molecule has 0 unspecified atom stereocenters. The third-order valence-corrected chi connectivity index (χ3v) is 5.81. The second-order valence-corrected chi connectivity index (χ2v) is 8.40. The van der Waals surface area contributed by atoms with Crippen LogP contribution in [0, 0.1) is 6.92 Å². The lowest BCUT2D eigenvalue weighted by Gasteiger charge is -2.09. The number of fused-ring (bicyclic) bond motifs is 1. The Bertz CT molecular complexity index is 1610. The van der Waals surface area contributed by atoms with Gasteiger partial charge in [-0.05, 0) is 19.4 Å². The molecule has 0 spiro atoms. The summed E-state index contributed by atoms with van der Waals surface area (Å²) in [5.74, 6) is -0.409. The van der Waals surface area contributed by atoms with Gasteiger partial charge < -0.3 is 4.74 Å². The Labute approximate surface area is 213 Å². The average Bonchev–Trinajstić information content (AvgIpc) is 3.26. The Hall–Kier alpha value is -4.73. The molecular formula is C27H28N6O4. The minimum Gasteiger partial charge on any atom is -0.461 e. The van der Waals surface area contributed by atoms with Gasteiger partial charge in [0, 0.05) is 26.2 Å². The molecule has 0 saturated carbocycles. The summed E-state index contributed by atoms with van der Waals surface area (Å²) in [5.41, 5.74) is 4.93. The normalized spacial score (nSPS) is 11.8. The maximum atomic E-state index is 13.1. The third-order valence-electron chi connectivity index (χ3n) is 5.81. The fourth-order valence-corrected chi connectivity index (χ4v) is 3.81. The molecule has 4 rings (SSSR count). The van der Waals surface area contributed by atoms with E-state index in [0.717, 1.165) is 15.7 Å². The molecule has 0 aliphatic rings. The second-order valence-electron chi connectivity index (χ2n) is 8.40. The number of carbonyl (C=O) groups excluding carboxylic acids is 1. The number of hydrogen-bond donors (Lipinski definition) is 1. The van der Waals surface area contributed by atoms with Crippen molar-refractivity contribution in [2.45, 2.75) is 20.4 Å². The highest BCUT2D eigenvalue weighted by Gasteiger charge is 2.20. The van der Waals surface area contributed by atoms with Crippen molar-refractivity contribution in [3.05, 3.63) is 98.2 Å². The SMILES string of the molecule is CCOC(=O)/C(=N\Nc1nc2c(c(=O)n(C)c(=O)n2C)n1C/C=C/c1ccccc1)c1ccc(C)cc1. The predicted molar refractivity (Wildman–Crippen MR) is 144 cm³/mol. The van der Waals surface area contributed by atoms with Crippen molar-refractivity contribution in [1.29, 1.82) is 0 Å². The maximum absolute atomic E-state index is 13.1. The van der Waals surface area contributed by atoms with Gasteiger partial charge in [-0.3, -0.25) is 18.5 Å². The molecule has 0 aliphatic carbocycles. The van der Waals surface area contributed by atoms with Gasteiger partial charge in [-0.25, -0.2) is 15.0 Å². The fourth-order valence-electron chi connectivity index (χ4n) is 3.81. The summed E-state index contributed by atoms with van der Waals surface area (Å²) in [6.45, 7) is 4.10. The lowest BCUT2D eigenvalue weighted by Crippen LogP contribution is -2.37. The first kappa shape index (κ1) is 25.4. The van der Waals surface area contributed by atoms with Gasteiger partial charge in [0.25, 0.3) is 5.56 Å². The van der Waals surface area contributed by atoms with E-state index in [4.69, 9.17) is 4.74 Å². The number of nitrogens with zero attached hydrogens (tertiary/aromatic N) is 5. The number of ether oxygens (including phenoxy) is 1. The van der Waals surface area contributed by atoms with Crippen LogP contribution < -0.4 is 16.7 Å². The molecule has 2 aromatic carbocycles. The molecule has 0 radical (unpaired) electrons. The first-order chi connectivity index (χ1) is 17.8. The van der Waals surface area contributed by atoms with E-state index >= 15 is 0 Å². The largest absolute Gasteiger partial charge is 0.461 e. The third kappa shape index (κ3) is 5.27. The number of hydrogen-bond acceptors (Lipinski definition) is 7. The number of imidazole rings is 1. The van der Waals surface area contributed by atoms with E-state index in [9.17, 15) is 14.4 Å². The standard InChI is InChI=1S/C27H28N6O4/c1-5-37-25(35)21(20-15-13-18(2)14-16-20)29-30-26-28-23-22(24(34)32(4)27(36)31(23)3)33(26)17-9-12-19-10-7-6-8-11-19/h6-16H,5,17H2,1-4H3,(H,28,30)/b12-9+,29-21-. The number of allylic oxidation sites excluding steroid dienone is 1. The Balaban J connectivity index is 1.82. The highest BCUT2D eigenvalue weighted by molar-refractivity contribution is 6.43. The maximum Gasteiger partial charge on any atom is 0.359 e. The molecule has 2 heterocycles. The van der Waals surface area contributed by atoms with Gasteiger partial charge in [-0.2, -0.15) is 10.1 Å². The van der Waals surface area contributed by atoms with Crippen molar-refractivity contribution in [3.8, 4) is 0 Å². The Kier molecular flexibility index (Phi) is 7.47. The molecule has 1 N–H and O–H groups in total. The molecular weight excluding hydrogens is 472 g/mol. The summed E-state index contributed by atoms with van der Waals surface area (Å²) in [7, 11) is 2.97. The summed E-state index contributed by atoms with van der Waals surface area (Å²) in [6, 6.07) is 17.0. The lowest BCUT2D eigenvalue weighted by molar-refractivity contribution is -0.134. The molecule has 4 aromatic rings. The van der Waals surface area contributed by atoms with Crippen molar-refractivity contribution in [2.24, 2.45) is 19.2 Å². The molecule has 0 amide bonds. The summed E-state index contributed by atoms with van der Waals surface area (Å²) in [5, 5.41) is 4.33. The van der Waals surface area contributed by atoms with Gasteiger partial charge in [-0.1, -0.05) is 72.3 Å². The van der Waals surface area contributed by atoms with E-state index < -0.39 is 17.2 Å². The highest BCUT2D eigenvalue weighted by atomic mass is 16.5. The van der Waals surface area contributed by atoms with Crippen molar-refractivity contribution >= 4 is 34.9 Å². The van der Waals surface area contributed by atoms with Crippen molar-refractivity contribution in [1.82, 2.24) is 18.7 Å². The van der Waals surface area contributed by atoms with Crippen LogP contribution in [0.1, 0.15) is 23.6 Å². The zero-order valence-corrected chi connectivity index (χ0v) is 21.1. The number of rotatable bonds is 8. The fraction of sp³-hybridized carbons (Fsp3) is 0.222. The van der Waals surface area contributed by atoms with Crippen LogP contribution in [0.4, 0.5) is 5.95 Å². The molecule has 37 heavy (non-hydrogen) atoms. The van der Waals surface area contributed by atoms with Crippen LogP contribution in [-0.2, 0) is 30.2 Å². The molecule has 0 saturated heterocycles. The zero-order valence-electron chi connectivity index (χ0n) is 21.1. The van der Waals surface area contributed by atoms with E-state index in [1.54, 1.807) is 30.7 Å². The van der Waals surface area contributed by atoms with Gasteiger partial charge >= 0.3 is 11.7 Å². The number of aromatic nitrogens is 4. The Morgan fingerprint density at radius 2 is 1.76 bits per heavy atom. The molecule has 2 aromatic heterocycles. The van der Waals surface area contributed by atoms with Crippen LogP contribution in [0.25, 0.3) is 17.2 Å². The number of hydrazone groups is 1. The molecule has 0 bridgehead atoms. The molecule has 0 aliphatic heterocycles. The quantitative estimate of drug-likeness (QED) is 0.226. The minimum atomic E-state index is -0.603. The number of nitrogens with one attached hydrogen (secondary N) is 1. The Morgan fingerprint density at radius 3 is 2.43 bits per heavy atom. The topological polar surface area (TPSA) is 113 Å². The van der Waals surface area contributed by atoms with E-state index in [1.807, 2.05) is 61.5 Å². The van der Waals surface area contributed by atoms with Crippen molar-refractivity contribution in [2.75, 3.05) is 12.0 Å². The zero-order chi connectivity index (χ0) is 26.5. The molecule has 0 atom stereocenters. The number of benzene rings is 2. The van der Waals surface area contributed by atoms with Crippen LogP contribution in [0.3, 0.4) is 0 Å². The summed E-state index contributed by atoms with van der Waals surface area (Å²) < 4.78 is 9.16. The summed E-state index contributed by atoms with van der Waals surface area (Å²) in [6.07, 6.45) is 3.80. The van der Waals surface area contributed by atoms with Gasteiger partial charge in [0.1, 0.15) is 0 Å². The number of anilines is 1. The summed E-state index contributed by atoms with van der Waals surface area (Å²) in [4.78, 5) is 42.8. The predicted octanol–water partition coefficient (Wildman–Crippen LogP) is 2.83. The van der Waals surface area contributed by atoms with Gasteiger partial charge in [-0.15, -0.1) is 0 Å². The molecule has 10 nitrogen and oxygen atoms in total. The van der Waals surface area contributed by atoms with Gasteiger partial charge in [0.2, 0.25) is 5.95 Å². The van der Waals surface area contributed by atoms with Crippen molar-refractivity contribution in [3.63, 3.8) is 0 Å². The van der Waals surface area contributed by atoms with Crippen LogP contribution in [0.2, 0.25) is 0 Å². The van der Waals surface area contributed by atoms with E-state index in [0.29, 0.717) is 5.56 Å². The van der Waals surface area contributed by atoms with Crippen LogP contribution in [0.5, 0.6) is 0 Å². The first-order valence-corrected chi connectivity index (χ1v) is 11.8. The van der Waals surface area contributed by atoms with E-state index in [2.05, 4.69) is 15.5 Å². The molecule has 0 fully saturated rings. The molecule has 10 heteroatoms. The van der Waals surface area contributed by atoms with E-state index in [-0.39, 0.29) is 36.0 Å². The minimum absolute atomic E-state index is 0.0575. The monoisotopic (exact) mass is 500 g/mol. The highest BCUT2D eigenvalue weighted by Crippen LogP contribution is 2.17. The van der Waals surface area contributed by atoms with Crippen LogP contribution >= 0.6 is 0 Å². The lowest BCUT2D eigenvalue weighted by atomic mass is 10.1.